The lowest BCUT2D eigenvalue weighted by atomic mass is 9.91. The highest BCUT2D eigenvalue weighted by Crippen LogP contribution is 2.34. The van der Waals surface area contributed by atoms with E-state index in [0.29, 0.717) is 17.4 Å². The summed E-state index contributed by atoms with van der Waals surface area (Å²) in [7, 11) is 0. The standard InChI is InChI=1S/C32H33N7S/c1-5-26-25(14-20(4)23-16-22(17-34-18-23)15-21-8-11-33-12-9-21)30(39-38-26)32-36-29-24(10-13-35-31(29)37-32)28-7-6-27(40-28)19(2)3/h5-7,10,13-14,16-18,21,33,38H,2,4,8-9,11-12,15H2,1,3H3,(H,35,36,37)/b25-14+,26-5+. The van der Waals surface area contributed by atoms with Gasteiger partial charge in [-0.2, -0.15) is 5.10 Å². The van der Waals surface area contributed by atoms with Crippen molar-refractivity contribution in [2.24, 2.45) is 5.92 Å². The molecule has 0 aromatic carbocycles. The summed E-state index contributed by atoms with van der Waals surface area (Å²) in [4.78, 5) is 19.7. The van der Waals surface area contributed by atoms with Crippen molar-refractivity contribution in [3.8, 4) is 22.0 Å². The maximum absolute atomic E-state index is 4.84. The second kappa shape index (κ2) is 11.2. The van der Waals surface area contributed by atoms with Crippen LogP contribution in [0.1, 0.15) is 42.7 Å². The van der Waals surface area contributed by atoms with Crippen molar-refractivity contribution in [1.82, 2.24) is 35.5 Å². The summed E-state index contributed by atoms with van der Waals surface area (Å²) in [5.74, 6) is 1.36. The molecule has 3 N–H and O–H groups in total. The van der Waals surface area contributed by atoms with Crippen LogP contribution in [0.2, 0.25) is 0 Å². The van der Waals surface area contributed by atoms with Crippen LogP contribution >= 0.6 is 11.3 Å². The quantitative estimate of drug-likeness (QED) is 0.256. The molecule has 202 valence electrons. The molecule has 1 saturated heterocycles. The lowest BCUT2D eigenvalue weighted by Crippen LogP contribution is -2.28. The normalized spacial score (nSPS) is 15.2. The molecule has 1 aliphatic rings. The minimum atomic E-state index is 0.655. The van der Waals surface area contributed by atoms with E-state index in [-0.39, 0.29) is 0 Å². The molecule has 8 heteroatoms. The van der Waals surface area contributed by atoms with E-state index in [1.165, 1.54) is 23.3 Å². The first-order valence-corrected chi connectivity index (χ1v) is 14.5. The van der Waals surface area contributed by atoms with Gasteiger partial charge in [0.2, 0.25) is 0 Å². The monoisotopic (exact) mass is 547 g/mol. The molecule has 0 bridgehead atoms. The van der Waals surface area contributed by atoms with Crippen molar-refractivity contribution >= 4 is 45.8 Å². The second-order valence-corrected chi connectivity index (χ2v) is 11.5. The highest BCUT2D eigenvalue weighted by molar-refractivity contribution is 7.16. The summed E-state index contributed by atoms with van der Waals surface area (Å²) in [6.07, 6.45) is 13.2. The first-order chi connectivity index (χ1) is 19.5. The number of hydrogen-bond donors (Lipinski definition) is 3. The lowest BCUT2D eigenvalue weighted by molar-refractivity contribution is 0.372. The Bertz CT molecular complexity index is 1830. The van der Waals surface area contributed by atoms with E-state index in [1.807, 2.05) is 38.4 Å². The Morgan fingerprint density at radius 3 is 2.77 bits per heavy atom. The molecule has 6 rings (SSSR count). The molecule has 40 heavy (non-hydrogen) atoms. The molecule has 1 fully saturated rings. The number of piperidine rings is 1. The van der Waals surface area contributed by atoms with E-state index in [1.54, 1.807) is 17.5 Å². The second-order valence-electron chi connectivity index (χ2n) is 10.4. The SMILES string of the molecule is C=C(/C=c1/c(-c2nc3nccc(-c4ccc(C(=C)C)s4)c3[nH]2)n[nH]/c1=C/C)c1cncc(CC2CCNCC2)c1. The van der Waals surface area contributed by atoms with E-state index in [9.17, 15) is 0 Å². The Morgan fingerprint density at radius 2 is 2.00 bits per heavy atom. The van der Waals surface area contributed by atoms with E-state index >= 15 is 0 Å². The zero-order valence-electron chi connectivity index (χ0n) is 22.9. The van der Waals surface area contributed by atoms with Crippen LogP contribution in [-0.4, -0.2) is 43.2 Å². The third-order valence-corrected chi connectivity index (χ3v) is 8.78. The third kappa shape index (κ3) is 5.20. The Morgan fingerprint density at radius 1 is 1.15 bits per heavy atom. The zero-order valence-corrected chi connectivity index (χ0v) is 23.7. The Balaban J connectivity index is 1.36. The minimum Gasteiger partial charge on any atom is -0.335 e. The van der Waals surface area contributed by atoms with E-state index in [2.05, 4.69) is 67.9 Å². The molecule has 1 aliphatic heterocycles. The van der Waals surface area contributed by atoms with Crippen LogP contribution in [0.25, 0.3) is 56.4 Å². The molecule has 5 aromatic rings. The van der Waals surface area contributed by atoms with Crippen LogP contribution < -0.4 is 15.9 Å². The van der Waals surface area contributed by atoms with Crippen molar-refractivity contribution in [3.05, 3.63) is 82.6 Å². The van der Waals surface area contributed by atoms with Crippen LogP contribution in [-0.2, 0) is 6.42 Å². The minimum absolute atomic E-state index is 0.655. The van der Waals surface area contributed by atoms with Crippen LogP contribution in [0.5, 0.6) is 0 Å². The average Bonchev–Trinajstić information content (AvgIpc) is 3.72. The summed E-state index contributed by atoms with van der Waals surface area (Å²) in [5, 5.41) is 13.1. The number of nitrogens with zero attached hydrogens (tertiary/aromatic N) is 4. The smallest absolute Gasteiger partial charge is 0.178 e. The number of aromatic nitrogens is 6. The van der Waals surface area contributed by atoms with Crippen molar-refractivity contribution < 1.29 is 0 Å². The number of pyridine rings is 2. The highest BCUT2D eigenvalue weighted by atomic mass is 32.1. The van der Waals surface area contributed by atoms with Gasteiger partial charge in [-0.3, -0.25) is 10.1 Å². The van der Waals surface area contributed by atoms with Crippen LogP contribution in [0, 0.1) is 5.92 Å². The number of nitrogens with one attached hydrogen (secondary N) is 3. The number of allylic oxidation sites excluding steroid dienone is 2. The van der Waals surface area contributed by atoms with Crippen LogP contribution in [0.3, 0.4) is 0 Å². The summed E-state index contributed by atoms with van der Waals surface area (Å²) in [5.41, 5.74) is 7.54. The Hall–Kier alpha value is -4.14. The summed E-state index contributed by atoms with van der Waals surface area (Å²) in [6.45, 7) is 14.7. The van der Waals surface area contributed by atoms with Crippen molar-refractivity contribution in [2.45, 2.75) is 33.1 Å². The maximum Gasteiger partial charge on any atom is 0.178 e. The molecule has 0 spiro atoms. The molecule has 0 atom stereocenters. The first-order valence-electron chi connectivity index (χ1n) is 13.7. The molecule has 0 amide bonds. The van der Waals surface area contributed by atoms with Gasteiger partial charge in [0, 0.05) is 39.1 Å². The number of hydrogen-bond acceptors (Lipinski definition) is 6. The molecule has 0 unspecified atom stereocenters. The molecule has 0 radical (unpaired) electrons. The Kier molecular flexibility index (Phi) is 7.28. The van der Waals surface area contributed by atoms with Crippen LogP contribution in [0.4, 0.5) is 0 Å². The number of imidazole rings is 1. The fourth-order valence-corrected chi connectivity index (χ4v) is 6.27. The molecular formula is C32H33N7S. The predicted molar refractivity (Wildman–Crippen MR) is 166 cm³/mol. The fourth-order valence-electron chi connectivity index (χ4n) is 5.30. The highest BCUT2D eigenvalue weighted by Gasteiger charge is 2.17. The van der Waals surface area contributed by atoms with Gasteiger partial charge in [0.05, 0.1) is 10.9 Å². The van der Waals surface area contributed by atoms with Crippen molar-refractivity contribution in [3.63, 3.8) is 0 Å². The van der Waals surface area contributed by atoms with E-state index in [4.69, 9.17) is 4.98 Å². The van der Waals surface area contributed by atoms with Gasteiger partial charge in [0.15, 0.2) is 11.5 Å². The van der Waals surface area contributed by atoms with Gasteiger partial charge >= 0.3 is 0 Å². The zero-order chi connectivity index (χ0) is 27.6. The number of thiophene rings is 1. The molecular weight excluding hydrogens is 514 g/mol. The van der Waals surface area contributed by atoms with Gasteiger partial charge in [0.25, 0.3) is 0 Å². The predicted octanol–water partition coefficient (Wildman–Crippen LogP) is 5.34. The fraction of sp³-hybridized carbons (Fsp3) is 0.250. The average molecular weight is 548 g/mol. The first kappa shape index (κ1) is 26.1. The summed E-state index contributed by atoms with van der Waals surface area (Å²) in [6, 6.07) is 8.48. The van der Waals surface area contributed by atoms with Gasteiger partial charge < -0.3 is 10.3 Å². The number of rotatable bonds is 7. The molecule has 6 heterocycles. The molecule has 7 nitrogen and oxygen atoms in total. The van der Waals surface area contributed by atoms with Crippen molar-refractivity contribution in [2.75, 3.05) is 13.1 Å². The Labute approximate surface area is 237 Å². The van der Waals surface area contributed by atoms with Gasteiger partial charge in [-0.15, -0.1) is 11.3 Å². The van der Waals surface area contributed by atoms with Gasteiger partial charge in [-0.05, 0) is 105 Å². The van der Waals surface area contributed by atoms with Gasteiger partial charge in [0.1, 0.15) is 5.69 Å². The van der Waals surface area contributed by atoms with Gasteiger partial charge in [-0.1, -0.05) is 19.2 Å². The van der Waals surface area contributed by atoms with Crippen LogP contribution in [0.15, 0.2) is 56.0 Å². The number of fused-ring (bicyclic) bond motifs is 1. The van der Waals surface area contributed by atoms with E-state index < -0.39 is 0 Å². The molecule has 0 aliphatic carbocycles. The van der Waals surface area contributed by atoms with Crippen molar-refractivity contribution in [1.29, 1.82) is 0 Å². The number of aromatic amines is 2. The molecule has 0 saturated carbocycles. The largest absolute Gasteiger partial charge is 0.335 e. The number of H-pyrrole nitrogens is 2. The third-order valence-electron chi connectivity index (χ3n) is 7.50. The van der Waals surface area contributed by atoms with Gasteiger partial charge in [-0.25, -0.2) is 9.97 Å². The summed E-state index contributed by atoms with van der Waals surface area (Å²) >= 11 is 1.71. The van der Waals surface area contributed by atoms with E-state index in [0.717, 1.165) is 68.4 Å². The lowest BCUT2D eigenvalue weighted by Gasteiger charge is -2.22. The summed E-state index contributed by atoms with van der Waals surface area (Å²) < 4.78 is 0. The topological polar surface area (TPSA) is 95.2 Å². The molecule has 5 aromatic heterocycles. The maximum atomic E-state index is 4.84.